The summed E-state index contributed by atoms with van der Waals surface area (Å²) in [5, 5.41) is 1.81. The van der Waals surface area contributed by atoms with Crippen molar-refractivity contribution in [2.75, 3.05) is 31.6 Å². The van der Waals surface area contributed by atoms with Crippen molar-refractivity contribution in [3.63, 3.8) is 0 Å². The molecule has 0 fully saturated rings. The Morgan fingerprint density at radius 3 is 2.52 bits per heavy atom. The second-order valence-corrected chi connectivity index (χ2v) is 12.3. The van der Waals surface area contributed by atoms with Gasteiger partial charge in [0, 0.05) is 30.8 Å². The number of aromatic nitrogens is 6. The molecule has 0 saturated carbocycles. The predicted octanol–water partition coefficient (Wildman–Crippen LogP) is 6.65. The lowest BCUT2D eigenvalue weighted by atomic mass is 10.1. The van der Waals surface area contributed by atoms with E-state index in [-0.39, 0.29) is 5.97 Å². The highest BCUT2D eigenvalue weighted by Gasteiger charge is 2.26. The van der Waals surface area contributed by atoms with E-state index in [1.807, 2.05) is 6.33 Å². The van der Waals surface area contributed by atoms with Gasteiger partial charge in [-0.25, -0.2) is 24.9 Å². The van der Waals surface area contributed by atoms with Gasteiger partial charge in [-0.1, -0.05) is 56.4 Å². The van der Waals surface area contributed by atoms with Crippen LogP contribution in [-0.2, 0) is 20.8 Å². The molecule has 0 atom stereocenters. The number of thioether (sulfide) groups is 1. The lowest BCUT2D eigenvalue weighted by Gasteiger charge is -2.30. The molecule has 4 heterocycles. The molecule has 0 N–H and O–H groups in total. The number of carbonyl (C=O) groups is 1. The second kappa shape index (κ2) is 15.3. The van der Waals surface area contributed by atoms with Gasteiger partial charge in [-0.05, 0) is 36.3 Å². The molecule has 4 aromatic rings. The molecule has 3 aromatic heterocycles. The molecule has 222 valence electrons. The Morgan fingerprint density at radius 1 is 0.929 bits per heavy atom. The number of rotatable bonds is 16. The third-order valence-electron chi connectivity index (χ3n) is 7.14. The van der Waals surface area contributed by atoms with Crippen LogP contribution in [0, 0.1) is 0 Å². The summed E-state index contributed by atoms with van der Waals surface area (Å²) in [5.74, 6) is 1.72. The van der Waals surface area contributed by atoms with Crippen molar-refractivity contribution in [1.82, 2.24) is 29.5 Å². The number of nitrogens with zero attached hydrogens (tertiary/aromatic N) is 7. The predicted molar refractivity (Wildman–Crippen MR) is 165 cm³/mol. The van der Waals surface area contributed by atoms with Crippen LogP contribution in [-0.4, -0.2) is 62.2 Å². The maximum atomic E-state index is 11.2. The number of hydrogen-bond acceptors (Lipinski definition) is 11. The molecule has 12 heteroatoms. The van der Waals surface area contributed by atoms with E-state index in [4.69, 9.17) is 9.72 Å². The fourth-order valence-electron chi connectivity index (χ4n) is 4.99. The molecule has 1 aliphatic rings. The van der Waals surface area contributed by atoms with Crippen molar-refractivity contribution in [1.29, 1.82) is 0 Å². The van der Waals surface area contributed by atoms with Crippen molar-refractivity contribution in [2.24, 2.45) is 0 Å². The van der Waals surface area contributed by atoms with Crippen molar-refractivity contribution in [3.05, 3.63) is 48.8 Å². The van der Waals surface area contributed by atoms with Crippen LogP contribution in [0.5, 0.6) is 0 Å². The summed E-state index contributed by atoms with van der Waals surface area (Å²) in [4.78, 5) is 37.2. The van der Waals surface area contributed by atoms with Gasteiger partial charge >= 0.3 is 5.97 Å². The normalized spacial score (nSPS) is 12.4. The first-order valence-corrected chi connectivity index (χ1v) is 16.2. The number of carbonyl (C=O) groups excluding carboxylic acids is 1. The third kappa shape index (κ3) is 7.59. The van der Waals surface area contributed by atoms with Crippen molar-refractivity contribution >= 4 is 52.2 Å². The van der Waals surface area contributed by atoms with Crippen molar-refractivity contribution in [3.8, 4) is 0 Å². The molecule has 0 spiro atoms. The van der Waals surface area contributed by atoms with Gasteiger partial charge in [0.25, 0.3) is 0 Å². The summed E-state index contributed by atoms with van der Waals surface area (Å²) in [7, 11) is 3.14. The maximum Gasteiger partial charge on any atom is 0.305 e. The minimum Gasteiger partial charge on any atom is -0.469 e. The van der Waals surface area contributed by atoms with Crippen LogP contribution in [0.15, 0.2) is 58.2 Å². The number of fused-ring (bicyclic) bond motifs is 3. The molecule has 0 amide bonds. The molecule has 0 unspecified atom stereocenters. The first-order chi connectivity index (χ1) is 20.7. The zero-order valence-electron chi connectivity index (χ0n) is 24.2. The maximum absolute atomic E-state index is 11.2. The topological polar surface area (TPSA) is 108 Å². The second-order valence-electron chi connectivity index (χ2n) is 10.2. The number of benzene rings is 1. The largest absolute Gasteiger partial charge is 0.469 e. The SMILES string of the molecule is COCN1c2cc(Cn3cnc4c(SCCCCCCCCCCC(=O)OC)ncnc43)ccc2Sc2nccnc21. The first kappa shape index (κ1) is 30.2. The summed E-state index contributed by atoms with van der Waals surface area (Å²) in [6, 6.07) is 6.46. The van der Waals surface area contributed by atoms with Crippen LogP contribution in [0.4, 0.5) is 11.5 Å². The Balaban J connectivity index is 1.13. The highest BCUT2D eigenvalue weighted by Crippen LogP contribution is 2.46. The van der Waals surface area contributed by atoms with E-state index in [1.165, 1.54) is 39.2 Å². The van der Waals surface area contributed by atoms with Gasteiger partial charge in [-0.3, -0.25) is 9.69 Å². The standard InChI is InChI=1S/C30H37N7O3S2/c1-39-21-37-23-17-22(12-13-24(23)42-30-28(37)31-14-15-32-30)18-36-20-35-26-27(36)33-19-34-29(26)41-16-10-8-6-4-3-5-7-9-11-25(38)40-2/h12-15,17,19-20H,3-11,16,18,21H2,1-2H3. The Labute approximate surface area is 255 Å². The van der Waals surface area contributed by atoms with Gasteiger partial charge in [0.15, 0.2) is 11.5 Å². The molecule has 1 aromatic carbocycles. The van der Waals surface area contributed by atoms with E-state index >= 15 is 0 Å². The minimum absolute atomic E-state index is 0.105. The molecular weight excluding hydrogens is 571 g/mol. The number of esters is 1. The minimum atomic E-state index is -0.105. The van der Waals surface area contributed by atoms with Gasteiger partial charge in [0.2, 0.25) is 0 Å². The fraction of sp³-hybridized carbons (Fsp3) is 0.467. The summed E-state index contributed by atoms with van der Waals surface area (Å²) in [6.07, 6.45) is 16.8. The molecule has 0 bridgehead atoms. The van der Waals surface area contributed by atoms with Crippen LogP contribution < -0.4 is 4.90 Å². The molecule has 0 aliphatic carbocycles. The van der Waals surface area contributed by atoms with E-state index in [9.17, 15) is 4.79 Å². The molecule has 10 nitrogen and oxygen atoms in total. The van der Waals surface area contributed by atoms with Crippen LogP contribution in [0.3, 0.4) is 0 Å². The Kier molecular flexibility index (Phi) is 11.0. The average Bonchev–Trinajstić information content (AvgIpc) is 3.43. The van der Waals surface area contributed by atoms with Crippen LogP contribution in [0.2, 0.25) is 0 Å². The molecular formula is C30H37N7O3S2. The first-order valence-electron chi connectivity index (χ1n) is 14.4. The Hall–Kier alpha value is -3.22. The quantitative estimate of drug-likeness (QED) is 0.0591. The number of ether oxygens (including phenoxy) is 2. The fourth-order valence-corrected chi connectivity index (χ4v) is 6.92. The highest BCUT2D eigenvalue weighted by molar-refractivity contribution is 7.99. The van der Waals surface area contributed by atoms with Gasteiger partial charge < -0.3 is 14.0 Å². The lowest BCUT2D eigenvalue weighted by Crippen LogP contribution is -2.24. The van der Waals surface area contributed by atoms with Gasteiger partial charge in [-0.15, -0.1) is 11.8 Å². The number of methoxy groups -OCH3 is 2. The summed E-state index contributed by atoms with van der Waals surface area (Å²) < 4.78 is 12.3. The Morgan fingerprint density at radius 2 is 1.71 bits per heavy atom. The van der Waals surface area contributed by atoms with Crippen LogP contribution in [0.25, 0.3) is 11.2 Å². The van der Waals surface area contributed by atoms with Crippen molar-refractivity contribution < 1.29 is 14.3 Å². The lowest BCUT2D eigenvalue weighted by molar-refractivity contribution is -0.140. The zero-order chi connectivity index (χ0) is 29.1. The highest BCUT2D eigenvalue weighted by atomic mass is 32.2. The smallest absolute Gasteiger partial charge is 0.305 e. The number of hydrogen-bond donors (Lipinski definition) is 0. The summed E-state index contributed by atoms with van der Waals surface area (Å²) in [6.45, 7) is 1.04. The van der Waals surface area contributed by atoms with Gasteiger partial charge in [0.05, 0.1) is 25.7 Å². The van der Waals surface area contributed by atoms with Gasteiger partial charge in [0.1, 0.15) is 28.6 Å². The molecule has 0 radical (unpaired) electrons. The molecule has 5 rings (SSSR count). The van der Waals surface area contributed by atoms with Crippen LogP contribution in [0.1, 0.15) is 63.4 Å². The number of unbranched alkanes of at least 4 members (excludes halogenated alkanes) is 7. The third-order valence-corrected chi connectivity index (χ3v) is 9.25. The van der Waals surface area contributed by atoms with E-state index in [1.54, 1.807) is 49.4 Å². The van der Waals surface area contributed by atoms with E-state index < -0.39 is 0 Å². The van der Waals surface area contributed by atoms with Gasteiger partial charge in [-0.2, -0.15) is 0 Å². The molecule has 1 aliphatic heterocycles. The summed E-state index contributed by atoms with van der Waals surface area (Å²) in [5.41, 5.74) is 3.89. The average molecular weight is 608 g/mol. The van der Waals surface area contributed by atoms with Crippen molar-refractivity contribution in [2.45, 2.75) is 79.3 Å². The monoisotopic (exact) mass is 607 g/mol. The summed E-state index contributed by atoms with van der Waals surface area (Å²) >= 11 is 3.38. The molecule has 0 saturated heterocycles. The van der Waals surface area contributed by atoms with E-state index in [2.05, 4.69) is 52.3 Å². The Bertz CT molecular complexity index is 1480. The zero-order valence-corrected chi connectivity index (χ0v) is 25.8. The van der Waals surface area contributed by atoms with E-state index in [0.717, 1.165) is 68.2 Å². The molecule has 42 heavy (non-hydrogen) atoms. The number of imidazole rings is 1. The van der Waals surface area contributed by atoms with Crippen LogP contribution >= 0.6 is 23.5 Å². The van der Waals surface area contributed by atoms with E-state index in [0.29, 0.717) is 19.7 Å². The number of anilines is 2.